The zero-order valence-electron chi connectivity index (χ0n) is 18.5. The lowest BCUT2D eigenvalue weighted by atomic mass is 10.1. The minimum Gasteiger partial charge on any atom is -0.353 e. The molecule has 0 saturated carbocycles. The number of nitriles is 1. The molecule has 0 spiro atoms. The van der Waals surface area contributed by atoms with Gasteiger partial charge in [0.15, 0.2) is 5.69 Å². The zero-order chi connectivity index (χ0) is 23.5. The van der Waals surface area contributed by atoms with Gasteiger partial charge in [0.2, 0.25) is 0 Å². The first kappa shape index (κ1) is 21.3. The van der Waals surface area contributed by atoms with Crippen LogP contribution in [-0.2, 0) is 6.54 Å². The third kappa shape index (κ3) is 4.11. The first-order valence-electron chi connectivity index (χ1n) is 11.1. The molecule has 168 valence electrons. The molecule has 1 aliphatic rings. The van der Waals surface area contributed by atoms with Gasteiger partial charge in [0.25, 0.3) is 11.5 Å². The van der Waals surface area contributed by atoms with Gasteiger partial charge in [-0.1, -0.05) is 48.5 Å². The number of rotatable bonds is 4. The van der Waals surface area contributed by atoms with Crippen LogP contribution >= 0.6 is 0 Å². The molecule has 2 aromatic heterocycles. The molecule has 0 N–H and O–H groups in total. The van der Waals surface area contributed by atoms with Crippen molar-refractivity contribution in [1.29, 1.82) is 5.26 Å². The Morgan fingerprint density at radius 2 is 1.65 bits per heavy atom. The number of anilines is 1. The molecule has 4 aromatic rings. The van der Waals surface area contributed by atoms with E-state index in [1.807, 2.05) is 36.4 Å². The van der Waals surface area contributed by atoms with Gasteiger partial charge in [0.05, 0.1) is 23.6 Å². The Balaban J connectivity index is 1.42. The van der Waals surface area contributed by atoms with Crippen molar-refractivity contribution in [2.75, 3.05) is 31.1 Å². The van der Waals surface area contributed by atoms with Crippen LogP contribution in [-0.4, -0.2) is 51.8 Å². The minimum atomic E-state index is -0.218. The normalized spacial score (nSPS) is 13.6. The number of hydrogen-bond donors (Lipinski definition) is 0. The second-order valence-corrected chi connectivity index (χ2v) is 8.14. The largest absolute Gasteiger partial charge is 0.353 e. The van der Waals surface area contributed by atoms with Crippen LogP contribution in [0.2, 0.25) is 0 Å². The van der Waals surface area contributed by atoms with E-state index in [-0.39, 0.29) is 17.2 Å². The quantitative estimate of drug-likeness (QED) is 0.474. The molecule has 0 unspecified atom stereocenters. The molecule has 8 nitrogen and oxygen atoms in total. The van der Waals surface area contributed by atoms with Gasteiger partial charge >= 0.3 is 0 Å². The van der Waals surface area contributed by atoms with E-state index in [1.54, 1.807) is 41.4 Å². The number of carbonyl (C=O) groups excluding carboxylic acids is 1. The van der Waals surface area contributed by atoms with Crippen LogP contribution < -0.4 is 10.5 Å². The molecule has 1 aliphatic heterocycles. The van der Waals surface area contributed by atoms with Crippen molar-refractivity contribution < 1.29 is 4.79 Å². The Hall–Kier alpha value is -4.51. The van der Waals surface area contributed by atoms with E-state index in [1.165, 1.54) is 4.68 Å². The Labute approximate surface area is 196 Å². The van der Waals surface area contributed by atoms with Crippen molar-refractivity contribution in [3.63, 3.8) is 0 Å². The Morgan fingerprint density at radius 3 is 2.38 bits per heavy atom. The third-order valence-corrected chi connectivity index (χ3v) is 6.01. The lowest BCUT2D eigenvalue weighted by Gasteiger charge is -2.35. The number of aromatic nitrogens is 3. The van der Waals surface area contributed by atoms with E-state index in [4.69, 9.17) is 5.26 Å². The second kappa shape index (κ2) is 9.16. The van der Waals surface area contributed by atoms with Gasteiger partial charge in [-0.3, -0.25) is 9.59 Å². The molecule has 1 amide bonds. The average Bonchev–Trinajstić information content (AvgIpc) is 2.90. The fourth-order valence-corrected chi connectivity index (χ4v) is 4.21. The van der Waals surface area contributed by atoms with E-state index in [2.05, 4.69) is 21.1 Å². The van der Waals surface area contributed by atoms with E-state index in [0.29, 0.717) is 49.1 Å². The second-order valence-electron chi connectivity index (χ2n) is 8.14. The van der Waals surface area contributed by atoms with Gasteiger partial charge in [-0.05, 0) is 23.8 Å². The summed E-state index contributed by atoms with van der Waals surface area (Å²) in [6.45, 7) is 2.46. The number of nitrogens with zero attached hydrogens (tertiary/aromatic N) is 6. The fourth-order valence-electron chi connectivity index (χ4n) is 4.21. The lowest BCUT2D eigenvalue weighted by Crippen LogP contribution is -2.49. The standard InChI is InChI=1S/C26H22N6O2/c27-17-20-10-11-28-23(16-20)30-12-14-31(15-13-30)26(34)24-21-8-4-5-9-22(21)25(33)32(29-24)18-19-6-2-1-3-7-19/h1-11,16H,12-15,18H2. The van der Waals surface area contributed by atoms with Gasteiger partial charge in [0.1, 0.15) is 5.82 Å². The fraction of sp³-hybridized carbons (Fsp3) is 0.192. The number of pyridine rings is 1. The highest BCUT2D eigenvalue weighted by molar-refractivity contribution is 6.04. The summed E-state index contributed by atoms with van der Waals surface area (Å²) in [5.74, 6) is 0.530. The summed E-state index contributed by atoms with van der Waals surface area (Å²) >= 11 is 0. The monoisotopic (exact) mass is 450 g/mol. The summed E-state index contributed by atoms with van der Waals surface area (Å²) in [7, 11) is 0. The zero-order valence-corrected chi connectivity index (χ0v) is 18.5. The van der Waals surface area contributed by atoms with Crippen molar-refractivity contribution in [2.24, 2.45) is 0 Å². The summed E-state index contributed by atoms with van der Waals surface area (Å²) in [5, 5.41) is 14.7. The van der Waals surface area contributed by atoms with Crippen LogP contribution in [0.5, 0.6) is 0 Å². The Morgan fingerprint density at radius 1 is 0.941 bits per heavy atom. The maximum absolute atomic E-state index is 13.5. The van der Waals surface area contributed by atoms with Gasteiger partial charge in [0, 0.05) is 37.8 Å². The van der Waals surface area contributed by atoms with E-state index in [9.17, 15) is 9.59 Å². The van der Waals surface area contributed by atoms with Gasteiger partial charge in [-0.15, -0.1) is 0 Å². The number of amides is 1. The molecule has 1 saturated heterocycles. The third-order valence-electron chi connectivity index (χ3n) is 6.01. The van der Waals surface area contributed by atoms with Crippen molar-refractivity contribution in [3.05, 3.63) is 100 Å². The summed E-state index contributed by atoms with van der Waals surface area (Å²) in [6, 6.07) is 22.3. The molecule has 8 heteroatoms. The molecule has 3 heterocycles. The molecule has 0 bridgehead atoms. The topological polar surface area (TPSA) is 95.1 Å². The lowest BCUT2D eigenvalue weighted by molar-refractivity contribution is 0.0740. The number of benzene rings is 2. The van der Waals surface area contributed by atoms with Crippen LogP contribution in [0.3, 0.4) is 0 Å². The minimum absolute atomic E-state index is 0.198. The summed E-state index contributed by atoms with van der Waals surface area (Å²) in [6.07, 6.45) is 1.62. The molecule has 2 aromatic carbocycles. The van der Waals surface area contributed by atoms with Crippen LogP contribution in [0.1, 0.15) is 21.6 Å². The average molecular weight is 451 g/mol. The van der Waals surface area contributed by atoms with Crippen molar-refractivity contribution in [3.8, 4) is 6.07 Å². The van der Waals surface area contributed by atoms with Crippen LogP contribution in [0, 0.1) is 11.3 Å². The summed E-state index contributed by atoms with van der Waals surface area (Å²) in [5.41, 5.74) is 1.56. The molecule has 0 radical (unpaired) electrons. The van der Waals surface area contributed by atoms with Crippen LogP contribution in [0.25, 0.3) is 10.8 Å². The van der Waals surface area contributed by atoms with Crippen molar-refractivity contribution >= 4 is 22.5 Å². The SMILES string of the molecule is N#Cc1ccnc(N2CCN(C(=O)c3nn(Cc4ccccc4)c(=O)c4ccccc34)CC2)c1. The predicted octanol–water partition coefficient (Wildman–Crippen LogP) is 2.67. The number of piperazine rings is 1. The Kier molecular flexibility index (Phi) is 5.75. The summed E-state index contributed by atoms with van der Waals surface area (Å²) < 4.78 is 1.37. The van der Waals surface area contributed by atoms with Crippen LogP contribution in [0.15, 0.2) is 77.7 Å². The highest BCUT2D eigenvalue weighted by Crippen LogP contribution is 2.19. The molecule has 0 aliphatic carbocycles. The smallest absolute Gasteiger partial charge is 0.275 e. The first-order valence-corrected chi connectivity index (χ1v) is 11.1. The van der Waals surface area contributed by atoms with Gasteiger partial charge in [-0.2, -0.15) is 10.4 Å². The van der Waals surface area contributed by atoms with Crippen molar-refractivity contribution in [1.82, 2.24) is 19.7 Å². The molecular weight excluding hydrogens is 428 g/mol. The van der Waals surface area contributed by atoms with E-state index < -0.39 is 0 Å². The maximum atomic E-state index is 13.5. The van der Waals surface area contributed by atoms with Crippen LogP contribution in [0.4, 0.5) is 5.82 Å². The van der Waals surface area contributed by atoms with E-state index >= 15 is 0 Å². The summed E-state index contributed by atoms with van der Waals surface area (Å²) in [4.78, 5) is 34.8. The van der Waals surface area contributed by atoms with Gasteiger partial charge < -0.3 is 9.80 Å². The maximum Gasteiger partial charge on any atom is 0.275 e. The van der Waals surface area contributed by atoms with Gasteiger partial charge in [-0.25, -0.2) is 9.67 Å². The Bertz CT molecular complexity index is 1450. The number of carbonyl (C=O) groups is 1. The number of fused-ring (bicyclic) bond motifs is 1. The molecule has 1 fully saturated rings. The highest BCUT2D eigenvalue weighted by Gasteiger charge is 2.26. The molecule has 34 heavy (non-hydrogen) atoms. The van der Waals surface area contributed by atoms with E-state index in [0.717, 1.165) is 11.4 Å². The molecular formula is C26H22N6O2. The predicted molar refractivity (Wildman–Crippen MR) is 129 cm³/mol. The first-order chi connectivity index (χ1) is 16.6. The highest BCUT2D eigenvalue weighted by atomic mass is 16.2. The van der Waals surface area contributed by atoms with Crippen molar-refractivity contribution in [2.45, 2.75) is 6.54 Å². The molecule has 5 rings (SSSR count). The number of hydrogen-bond acceptors (Lipinski definition) is 6. The molecule has 0 atom stereocenters.